The van der Waals surface area contributed by atoms with Crippen LogP contribution in [0.5, 0.6) is 0 Å². The Kier molecular flexibility index (Phi) is 4.67. The van der Waals surface area contributed by atoms with E-state index in [1.165, 1.54) is 30.3 Å². The average molecular weight is 379 g/mol. The summed E-state index contributed by atoms with van der Waals surface area (Å²) in [7, 11) is -2.74. The number of hydrogen-bond acceptors (Lipinski definition) is 6. The summed E-state index contributed by atoms with van der Waals surface area (Å²) in [6.45, 7) is 0. The van der Waals surface area contributed by atoms with Gasteiger partial charge in [-0.1, -0.05) is 6.07 Å². The van der Waals surface area contributed by atoms with E-state index in [1.807, 2.05) is 0 Å². The molecule has 0 unspecified atom stereocenters. The standard InChI is InChI=1S/C16H11F2N3O4S/c17-10-2-1-3-11(18)12(10)15-21-13(14(19)22)16(25-15)20-8-4-6-9(7-5-8)26(23)24/h1-7,20,26H,(H2,19,22). The SMILES string of the molecule is NC(=O)c1nc(-c2c(F)cccc2F)oc1Nc1ccc([SH](=O)=O)cc1. The van der Waals surface area contributed by atoms with E-state index in [2.05, 4.69) is 10.3 Å². The minimum Gasteiger partial charge on any atom is -0.419 e. The van der Waals surface area contributed by atoms with Crippen molar-refractivity contribution in [1.82, 2.24) is 4.98 Å². The highest BCUT2D eigenvalue weighted by Gasteiger charge is 2.23. The van der Waals surface area contributed by atoms with E-state index in [0.717, 1.165) is 12.1 Å². The fourth-order valence-corrected chi connectivity index (χ4v) is 2.57. The number of benzene rings is 2. The van der Waals surface area contributed by atoms with E-state index in [1.54, 1.807) is 0 Å². The molecule has 0 atom stereocenters. The number of rotatable bonds is 5. The third-order valence-corrected chi connectivity index (χ3v) is 4.09. The van der Waals surface area contributed by atoms with Gasteiger partial charge in [0.05, 0.1) is 4.90 Å². The van der Waals surface area contributed by atoms with Crippen molar-refractivity contribution in [2.24, 2.45) is 5.73 Å². The largest absolute Gasteiger partial charge is 0.419 e. The summed E-state index contributed by atoms with van der Waals surface area (Å²) in [5, 5.41) is 2.68. The monoisotopic (exact) mass is 379 g/mol. The fourth-order valence-electron chi connectivity index (χ4n) is 2.18. The lowest BCUT2D eigenvalue weighted by molar-refractivity contribution is 0.0996. The van der Waals surface area contributed by atoms with Crippen LogP contribution in [0.3, 0.4) is 0 Å². The van der Waals surface area contributed by atoms with Crippen molar-refractivity contribution in [2.75, 3.05) is 5.32 Å². The van der Waals surface area contributed by atoms with Crippen molar-refractivity contribution >= 4 is 28.2 Å². The van der Waals surface area contributed by atoms with Crippen molar-refractivity contribution in [3.05, 3.63) is 59.8 Å². The zero-order chi connectivity index (χ0) is 18.8. The van der Waals surface area contributed by atoms with Gasteiger partial charge in [0.1, 0.15) is 17.2 Å². The van der Waals surface area contributed by atoms with Gasteiger partial charge in [0.25, 0.3) is 5.91 Å². The third kappa shape index (κ3) is 3.40. The molecular formula is C16H11F2N3O4S. The van der Waals surface area contributed by atoms with Crippen molar-refractivity contribution in [2.45, 2.75) is 4.90 Å². The first-order chi connectivity index (χ1) is 12.4. The Labute approximate surface area is 147 Å². The van der Waals surface area contributed by atoms with E-state index in [0.29, 0.717) is 5.69 Å². The van der Waals surface area contributed by atoms with Crippen LogP contribution in [0.4, 0.5) is 20.4 Å². The Bertz CT molecular complexity index is 1030. The predicted octanol–water partition coefficient (Wildman–Crippen LogP) is 2.43. The van der Waals surface area contributed by atoms with E-state index in [-0.39, 0.29) is 16.5 Å². The van der Waals surface area contributed by atoms with Gasteiger partial charge in [0, 0.05) is 5.69 Å². The number of amides is 1. The number of anilines is 2. The first-order valence-corrected chi connectivity index (χ1v) is 8.31. The molecule has 3 aromatic rings. The Hall–Kier alpha value is -3.27. The number of carbonyl (C=O) groups excluding carboxylic acids is 1. The number of nitrogens with zero attached hydrogens (tertiary/aromatic N) is 1. The number of nitrogens with one attached hydrogen (secondary N) is 1. The number of hydrogen-bond donors (Lipinski definition) is 3. The molecule has 0 aliphatic carbocycles. The first-order valence-electron chi connectivity index (χ1n) is 7.13. The van der Waals surface area contributed by atoms with Crippen LogP contribution in [-0.2, 0) is 10.7 Å². The molecule has 1 aromatic heterocycles. The van der Waals surface area contributed by atoms with Crippen LogP contribution in [-0.4, -0.2) is 19.3 Å². The molecule has 0 spiro atoms. The molecule has 0 aliphatic rings. The Morgan fingerprint density at radius 2 is 1.69 bits per heavy atom. The Morgan fingerprint density at radius 3 is 2.23 bits per heavy atom. The Balaban J connectivity index is 2.02. The molecule has 3 rings (SSSR count). The number of carbonyl (C=O) groups is 1. The number of oxazole rings is 1. The maximum atomic E-state index is 13.9. The van der Waals surface area contributed by atoms with E-state index in [9.17, 15) is 22.0 Å². The lowest BCUT2D eigenvalue weighted by Crippen LogP contribution is -2.13. The topological polar surface area (TPSA) is 115 Å². The van der Waals surface area contributed by atoms with Crippen LogP contribution in [0.25, 0.3) is 11.5 Å². The summed E-state index contributed by atoms with van der Waals surface area (Å²) in [5.74, 6) is -3.50. The molecule has 0 saturated carbocycles. The first kappa shape index (κ1) is 17.5. The second kappa shape index (κ2) is 6.92. The molecule has 0 aliphatic heterocycles. The number of halogens is 2. The van der Waals surface area contributed by atoms with Crippen LogP contribution in [0.1, 0.15) is 10.5 Å². The fraction of sp³-hybridized carbons (Fsp3) is 0. The van der Waals surface area contributed by atoms with Gasteiger partial charge in [-0.25, -0.2) is 22.2 Å². The van der Waals surface area contributed by atoms with Crippen LogP contribution in [0, 0.1) is 11.6 Å². The number of thiol groups is 1. The third-order valence-electron chi connectivity index (χ3n) is 3.37. The smallest absolute Gasteiger partial charge is 0.273 e. The molecule has 1 amide bonds. The Morgan fingerprint density at radius 1 is 1.08 bits per heavy atom. The highest BCUT2D eigenvalue weighted by atomic mass is 32.2. The molecule has 26 heavy (non-hydrogen) atoms. The van der Waals surface area contributed by atoms with E-state index in [4.69, 9.17) is 10.2 Å². The summed E-state index contributed by atoms with van der Waals surface area (Å²) in [6.07, 6.45) is 0. The maximum Gasteiger partial charge on any atom is 0.273 e. The molecule has 2 aromatic carbocycles. The number of primary amides is 1. The highest BCUT2D eigenvalue weighted by Crippen LogP contribution is 2.31. The van der Waals surface area contributed by atoms with Crippen LogP contribution in [0.15, 0.2) is 51.8 Å². The molecule has 3 N–H and O–H groups in total. The van der Waals surface area contributed by atoms with Gasteiger partial charge in [0.2, 0.25) is 11.8 Å². The van der Waals surface area contributed by atoms with Crippen LogP contribution in [0.2, 0.25) is 0 Å². The summed E-state index contributed by atoms with van der Waals surface area (Å²) in [4.78, 5) is 15.4. The molecule has 134 valence electrons. The van der Waals surface area contributed by atoms with E-state index >= 15 is 0 Å². The number of aromatic nitrogens is 1. The lowest BCUT2D eigenvalue weighted by atomic mass is 10.2. The highest BCUT2D eigenvalue weighted by molar-refractivity contribution is 7.72. The normalized spacial score (nSPS) is 10.9. The summed E-state index contributed by atoms with van der Waals surface area (Å²) >= 11 is 0. The molecule has 0 saturated heterocycles. The molecular weight excluding hydrogens is 368 g/mol. The molecule has 0 bridgehead atoms. The van der Waals surface area contributed by atoms with Crippen molar-refractivity contribution in [3.63, 3.8) is 0 Å². The second-order valence-electron chi connectivity index (χ2n) is 5.09. The number of nitrogens with two attached hydrogens (primary N) is 1. The molecule has 0 radical (unpaired) electrons. The molecule has 0 fully saturated rings. The van der Waals surface area contributed by atoms with Crippen molar-refractivity contribution in [1.29, 1.82) is 0 Å². The van der Waals surface area contributed by atoms with Gasteiger partial charge in [-0.2, -0.15) is 0 Å². The van der Waals surface area contributed by atoms with Gasteiger partial charge in [-0.15, -0.1) is 0 Å². The van der Waals surface area contributed by atoms with Gasteiger partial charge in [0.15, 0.2) is 16.4 Å². The van der Waals surface area contributed by atoms with Gasteiger partial charge >= 0.3 is 0 Å². The van der Waals surface area contributed by atoms with Gasteiger partial charge in [-0.05, 0) is 36.4 Å². The summed E-state index contributed by atoms with van der Waals surface area (Å²) < 4.78 is 54.9. The average Bonchev–Trinajstić information content (AvgIpc) is 2.99. The zero-order valence-electron chi connectivity index (χ0n) is 12.9. The van der Waals surface area contributed by atoms with Crippen LogP contribution < -0.4 is 11.1 Å². The molecule has 1 heterocycles. The minimum atomic E-state index is -2.74. The van der Waals surface area contributed by atoms with Crippen molar-refractivity contribution in [3.8, 4) is 11.5 Å². The van der Waals surface area contributed by atoms with Crippen LogP contribution >= 0.6 is 0 Å². The van der Waals surface area contributed by atoms with Gasteiger partial charge in [-0.3, -0.25) is 4.79 Å². The van der Waals surface area contributed by atoms with Gasteiger partial charge < -0.3 is 15.5 Å². The zero-order valence-corrected chi connectivity index (χ0v) is 13.8. The lowest BCUT2D eigenvalue weighted by Gasteiger charge is -2.04. The molecule has 7 nitrogen and oxygen atoms in total. The molecule has 10 heteroatoms. The second-order valence-corrected chi connectivity index (χ2v) is 6.12. The summed E-state index contributed by atoms with van der Waals surface area (Å²) in [5.41, 5.74) is 4.68. The predicted molar refractivity (Wildman–Crippen MR) is 88.7 cm³/mol. The minimum absolute atomic E-state index is 0.0901. The maximum absolute atomic E-state index is 13.9. The van der Waals surface area contributed by atoms with Crippen molar-refractivity contribution < 1.29 is 26.4 Å². The quantitative estimate of drug-likeness (QED) is 0.587. The summed E-state index contributed by atoms with van der Waals surface area (Å²) in [6, 6.07) is 8.68. The van der Waals surface area contributed by atoms with E-state index < -0.39 is 39.7 Å².